The van der Waals surface area contributed by atoms with E-state index in [2.05, 4.69) is 5.32 Å². The molecule has 1 unspecified atom stereocenters. The average molecular weight is 528 g/mol. The number of benzene rings is 2. The predicted molar refractivity (Wildman–Crippen MR) is 149 cm³/mol. The standard InChI is InChI=1S/C29H41N3O4S/c1-5-23-16-18-26(19-17-23)32(37(4,35)36)21-28(33)31(20-24-14-12-22(3)13-15-24)27(6-2)29(34)30-25-10-8-7-9-11-25/h12-19,25,27H,5-11,20-21H2,1-4H3,(H,30,34). The van der Waals surface area contributed by atoms with Crippen molar-refractivity contribution in [3.8, 4) is 0 Å². The molecular weight excluding hydrogens is 486 g/mol. The van der Waals surface area contributed by atoms with E-state index in [1.807, 2.05) is 57.2 Å². The van der Waals surface area contributed by atoms with Gasteiger partial charge in [0.25, 0.3) is 0 Å². The summed E-state index contributed by atoms with van der Waals surface area (Å²) in [6.07, 6.45) is 7.62. The second-order valence-corrected chi connectivity index (χ2v) is 12.0. The molecule has 202 valence electrons. The summed E-state index contributed by atoms with van der Waals surface area (Å²) in [5.41, 5.74) is 3.50. The number of hydrogen-bond acceptors (Lipinski definition) is 4. The first-order valence-electron chi connectivity index (χ1n) is 13.3. The van der Waals surface area contributed by atoms with E-state index in [0.29, 0.717) is 12.1 Å². The minimum absolute atomic E-state index is 0.122. The van der Waals surface area contributed by atoms with E-state index in [-0.39, 0.29) is 25.0 Å². The largest absolute Gasteiger partial charge is 0.352 e. The Morgan fingerprint density at radius 2 is 1.54 bits per heavy atom. The zero-order chi connectivity index (χ0) is 27.0. The topological polar surface area (TPSA) is 86.8 Å². The third kappa shape index (κ3) is 8.06. The van der Waals surface area contributed by atoms with Crippen molar-refractivity contribution in [1.29, 1.82) is 0 Å². The average Bonchev–Trinajstić information content (AvgIpc) is 2.88. The van der Waals surface area contributed by atoms with Crippen molar-refractivity contribution in [2.24, 2.45) is 0 Å². The first-order valence-corrected chi connectivity index (χ1v) is 15.2. The van der Waals surface area contributed by atoms with Gasteiger partial charge >= 0.3 is 0 Å². The van der Waals surface area contributed by atoms with Gasteiger partial charge in [-0.2, -0.15) is 0 Å². The number of nitrogens with one attached hydrogen (secondary N) is 1. The molecular formula is C29H41N3O4S. The third-order valence-corrected chi connectivity index (χ3v) is 8.26. The van der Waals surface area contributed by atoms with Crippen LogP contribution in [-0.2, 0) is 32.6 Å². The summed E-state index contributed by atoms with van der Waals surface area (Å²) in [6.45, 7) is 5.76. The number of anilines is 1. The van der Waals surface area contributed by atoms with E-state index in [0.717, 1.165) is 59.4 Å². The molecule has 8 heteroatoms. The van der Waals surface area contributed by atoms with Gasteiger partial charge in [-0.3, -0.25) is 13.9 Å². The summed E-state index contributed by atoms with van der Waals surface area (Å²) < 4.78 is 26.6. The van der Waals surface area contributed by atoms with Gasteiger partial charge in [-0.1, -0.05) is 75.1 Å². The van der Waals surface area contributed by atoms with Crippen molar-refractivity contribution in [2.45, 2.75) is 84.3 Å². The molecule has 0 radical (unpaired) electrons. The summed E-state index contributed by atoms with van der Waals surface area (Å²) in [6, 6.07) is 14.4. The van der Waals surface area contributed by atoms with Crippen molar-refractivity contribution in [3.63, 3.8) is 0 Å². The molecule has 1 aliphatic carbocycles. The molecule has 0 bridgehead atoms. The van der Waals surface area contributed by atoms with Crippen LogP contribution in [0.3, 0.4) is 0 Å². The molecule has 0 heterocycles. The smallest absolute Gasteiger partial charge is 0.244 e. The van der Waals surface area contributed by atoms with E-state index in [4.69, 9.17) is 0 Å². The Balaban J connectivity index is 1.89. The van der Waals surface area contributed by atoms with Crippen LogP contribution < -0.4 is 9.62 Å². The molecule has 0 saturated heterocycles. The highest BCUT2D eigenvalue weighted by Gasteiger charge is 2.32. The molecule has 2 aromatic rings. The van der Waals surface area contributed by atoms with Gasteiger partial charge < -0.3 is 10.2 Å². The fourth-order valence-electron chi connectivity index (χ4n) is 4.87. The molecule has 37 heavy (non-hydrogen) atoms. The Hall–Kier alpha value is -2.87. The highest BCUT2D eigenvalue weighted by molar-refractivity contribution is 7.92. The molecule has 3 rings (SSSR count). The van der Waals surface area contributed by atoms with Crippen LogP contribution in [-0.4, -0.2) is 50.0 Å². The van der Waals surface area contributed by atoms with Crippen LogP contribution in [0.15, 0.2) is 48.5 Å². The Morgan fingerprint density at radius 1 is 0.946 bits per heavy atom. The molecule has 1 saturated carbocycles. The lowest BCUT2D eigenvalue weighted by atomic mass is 9.95. The normalized spacial score (nSPS) is 15.1. The number of nitrogens with zero attached hydrogens (tertiary/aromatic N) is 2. The minimum Gasteiger partial charge on any atom is -0.352 e. The first kappa shape index (κ1) is 28.7. The van der Waals surface area contributed by atoms with E-state index < -0.39 is 22.0 Å². The van der Waals surface area contributed by atoms with Crippen molar-refractivity contribution in [3.05, 3.63) is 65.2 Å². The zero-order valence-corrected chi connectivity index (χ0v) is 23.4. The summed E-state index contributed by atoms with van der Waals surface area (Å²) in [5.74, 6) is -0.579. The number of aryl methyl sites for hydroxylation is 2. The molecule has 0 aromatic heterocycles. The van der Waals surface area contributed by atoms with Gasteiger partial charge in [-0.05, 0) is 55.9 Å². The number of carbonyl (C=O) groups excluding carboxylic acids is 2. The van der Waals surface area contributed by atoms with Crippen molar-refractivity contribution < 1.29 is 18.0 Å². The van der Waals surface area contributed by atoms with E-state index in [1.54, 1.807) is 17.0 Å². The van der Waals surface area contributed by atoms with Gasteiger partial charge in [0.2, 0.25) is 21.8 Å². The zero-order valence-electron chi connectivity index (χ0n) is 22.6. The number of hydrogen-bond donors (Lipinski definition) is 1. The maximum absolute atomic E-state index is 13.8. The maximum atomic E-state index is 13.8. The fourth-order valence-corrected chi connectivity index (χ4v) is 5.72. The van der Waals surface area contributed by atoms with Crippen LogP contribution in [0.1, 0.15) is 69.1 Å². The molecule has 2 amide bonds. The van der Waals surface area contributed by atoms with Gasteiger partial charge in [0.1, 0.15) is 12.6 Å². The Kier molecular flexibility index (Phi) is 10.1. The molecule has 1 aliphatic rings. The number of amides is 2. The van der Waals surface area contributed by atoms with Crippen molar-refractivity contribution >= 4 is 27.5 Å². The Morgan fingerprint density at radius 3 is 2.08 bits per heavy atom. The second kappa shape index (κ2) is 13.1. The fraction of sp³-hybridized carbons (Fsp3) is 0.517. The number of rotatable bonds is 11. The van der Waals surface area contributed by atoms with Gasteiger partial charge in [0, 0.05) is 12.6 Å². The molecule has 2 aromatic carbocycles. The monoisotopic (exact) mass is 527 g/mol. The number of carbonyl (C=O) groups is 2. The maximum Gasteiger partial charge on any atom is 0.244 e. The van der Waals surface area contributed by atoms with Crippen molar-refractivity contribution in [2.75, 3.05) is 17.1 Å². The highest BCUT2D eigenvalue weighted by Crippen LogP contribution is 2.22. The molecule has 7 nitrogen and oxygen atoms in total. The van der Waals surface area contributed by atoms with Crippen LogP contribution in [0.5, 0.6) is 0 Å². The lowest BCUT2D eigenvalue weighted by Crippen LogP contribution is -2.53. The Bertz CT molecular complexity index is 1140. The molecule has 1 fully saturated rings. The minimum atomic E-state index is -3.73. The van der Waals surface area contributed by atoms with Crippen LogP contribution in [0.2, 0.25) is 0 Å². The van der Waals surface area contributed by atoms with Gasteiger partial charge in [0.15, 0.2) is 0 Å². The summed E-state index contributed by atoms with van der Waals surface area (Å²) in [5, 5.41) is 3.16. The lowest BCUT2D eigenvalue weighted by molar-refractivity contribution is -0.140. The first-order chi connectivity index (χ1) is 17.6. The SMILES string of the molecule is CCc1ccc(N(CC(=O)N(Cc2ccc(C)cc2)C(CC)C(=O)NC2CCCCC2)S(C)(=O)=O)cc1. The van der Waals surface area contributed by atoms with Crippen LogP contribution in [0.4, 0.5) is 5.69 Å². The summed E-state index contributed by atoms with van der Waals surface area (Å²) in [4.78, 5) is 28.8. The van der Waals surface area contributed by atoms with Crippen LogP contribution in [0.25, 0.3) is 0 Å². The summed E-state index contributed by atoms with van der Waals surface area (Å²) in [7, 11) is -3.73. The molecule has 1 atom stereocenters. The number of sulfonamides is 1. The second-order valence-electron chi connectivity index (χ2n) is 10.1. The molecule has 0 aliphatic heterocycles. The van der Waals surface area contributed by atoms with E-state index >= 15 is 0 Å². The molecule has 1 N–H and O–H groups in total. The van der Waals surface area contributed by atoms with Crippen molar-refractivity contribution in [1.82, 2.24) is 10.2 Å². The van der Waals surface area contributed by atoms with Crippen LogP contribution in [0, 0.1) is 6.92 Å². The van der Waals surface area contributed by atoms with Gasteiger partial charge in [-0.15, -0.1) is 0 Å². The van der Waals surface area contributed by atoms with Gasteiger partial charge in [0.05, 0.1) is 11.9 Å². The van der Waals surface area contributed by atoms with E-state index in [9.17, 15) is 18.0 Å². The lowest BCUT2D eigenvalue weighted by Gasteiger charge is -2.34. The third-order valence-electron chi connectivity index (χ3n) is 7.12. The van der Waals surface area contributed by atoms with Crippen LogP contribution >= 0.6 is 0 Å². The predicted octanol–water partition coefficient (Wildman–Crippen LogP) is 4.58. The summed E-state index contributed by atoms with van der Waals surface area (Å²) >= 11 is 0. The molecule has 0 spiro atoms. The highest BCUT2D eigenvalue weighted by atomic mass is 32.2. The van der Waals surface area contributed by atoms with E-state index in [1.165, 1.54) is 6.42 Å². The quantitative estimate of drug-likeness (QED) is 0.463. The Labute approximate surface area is 222 Å². The van der Waals surface area contributed by atoms with Gasteiger partial charge in [-0.25, -0.2) is 8.42 Å².